The van der Waals surface area contributed by atoms with Gasteiger partial charge in [0.15, 0.2) is 0 Å². The van der Waals surface area contributed by atoms with Gasteiger partial charge in [-0.3, -0.25) is 10.6 Å². The summed E-state index contributed by atoms with van der Waals surface area (Å²) in [4.78, 5) is 9.00. The minimum Gasteiger partial charge on any atom is -0.481 e. The lowest BCUT2D eigenvalue weighted by Crippen LogP contribution is -2.26. The number of carbonyl (C=O) groups is 1. The van der Waals surface area contributed by atoms with Crippen molar-refractivity contribution in [1.82, 2.24) is 5.01 Å². The first-order chi connectivity index (χ1) is 4.63. The van der Waals surface area contributed by atoms with Crippen molar-refractivity contribution in [3.63, 3.8) is 0 Å². The number of aliphatic carboxylic acids is 1. The van der Waals surface area contributed by atoms with E-state index in [4.69, 9.17) is 15.7 Å². The molecule has 4 nitrogen and oxygen atoms in total. The van der Waals surface area contributed by atoms with E-state index in [1.165, 1.54) is 12.8 Å². The highest BCUT2D eigenvalue weighted by atomic mass is 16.4. The second-order valence-corrected chi connectivity index (χ2v) is 2.26. The van der Waals surface area contributed by atoms with Crippen molar-refractivity contribution < 1.29 is 9.90 Å². The first-order valence-corrected chi connectivity index (χ1v) is 3.32. The molecule has 4 heteroatoms. The molecule has 0 aromatic heterocycles. The van der Waals surface area contributed by atoms with Crippen LogP contribution in [0, 0.1) is 0 Å². The van der Waals surface area contributed by atoms with Gasteiger partial charge in [0.1, 0.15) is 0 Å². The van der Waals surface area contributed by atoms with E-state index in [1.807, 2.05) is 5.01 Å². The zero-order valence-corrected chi connectivity index (χ0v) is 6.21. The minimum absolute atomic E-state index is 0.833. The Kier molecular flexibility index (Phi) is 4.88. The van der Waals surface area contributed by atoms with E-state index in [0.29, 0.717) is 0 Å². The molecule has 1 fully saturated rings. The van der Waals surface area contributed by atoms with E-state index in [1.54, 1.807) is 0 Å². The van der Waals surface area contributed by atoms with Gasteiger partial charge in [-0.05, 0) is 12.8 Å². The van der Waals surface area contributed by atoms with E-state index in [9.17, 15) is 0 Å². The van der Waals surface area contributed by atoms with Crippen LogP contribution in [0.15, 0.2) is 0 Å². The van der Waals surface area contributed by atoms with Gasteiger partial charge in [0.25, 0.3) is 5.97 Å². The Morgan fingerprint density at radius 3 is 1.90 bits per heavy atom. The molecule has 1 heterocycles. The molecule has 1 aliphatic rings. The molecule has 0 aliphatic carbocycles. The van der Waals surface area contributed by atoms with Crippen molar-refractivity contribution in [2.75, 3.05) is 13.1 Å². The summed E-state index contributed by atoms with van der Waals surface area (Å²) < 4.78 is 0. The predicted octanol–water partition coefficient (Wildman–Crippen LogP) is 0.0468. The summed E-state index contributed by atoms with van der Waals surface area (Å²) in [6.45, 7) is 3.28. The number of hydrogen-bond donors (Lipinski definition) is 2. The number of carboxylic acid groups (broad SMARTS) is 1. The third-order valence-electron chi connectivity index (χ3n) is 1.14. The molecule has 0 aromatic rings. The Bertz CT molecular complexity index is 95.9. The van der Waals surface area contributed by atoms with Crippen LogP contribution in [0.3, 0.4) is 0 Å². The van der Waals surface area contributed by atoms with E-state index in [2.05, 4.69) is 0 Å². The topological polar surface area (TPSA) is 66.6 Å². The minimum atomic E-state index is -0.833. The molecular weight excluding hydrogens is 132 g/mol. The van der Waals surface area contributed by atoms with Crippen LogP contribution in [-0.4, -0.2) is 29.2 Å². The number of carboxylic acids is 1. The molecule has 0 spiro atoms. The van der Waals surface area contributed by atoms with Gasteiger partial charge in [0, 0.05) is 20.0 Å². The fraction of sp³-hybridized carbons (Fsp3) is 0.833. The standard InChI is InChI=1S/C4H10N2.C2H4O2/c5-6-3-1-2-4-6;1-2(3)4/h1-5H2;1H3,(H,3,4). The molecule has 60 valence electrons. The molecule has 0 bridgehead atoms. The van der Waals surface area contributed by atoms with Crippen molar-refractivity contribution >= 4 is 5.97 Å². The first kappa shape index (κ1) is 9.39. The van der Waals surface area contributed by atoms with Gasteiger partial charge >= 0.3 is 0 Å². The summed E-state index contributed by atoms with van der Waals surface area (Å²) in [6.07, 6.45) is 2.58. The van der Waals surface area contributed by atoms with Crippen LogP contribution in [0.25, 0.3) is 0 Å². The molecule has 0 atom stereocenters. The SMILES string of the molecule is CC(=O)O.NN1CCCC1. The summed E-state index contributed by atoms with van der Waals surface area (Å²) >= 11 is 0. The molecule has 10 heavy (non-hydrogen) atoms. The highest BCUT2D eigenvalue weighted by molar-refractivity contribution is 5.62. The van der Waals surface area contributed by atoms with Crippen LogP contribution in [0.1, 0.15) is 19.8 Å². The van der Waals surface area contributed by atoms with Gasteiger partial charge < -0.3 is 5.11 Å². The van der Waals surface area contributed by atoms with Crippen molar-refractivity contribution in [2.24, 2.45) is 5.84 Å². The third kappa shape index (κ3) is 7.39. The van der Waals surface area contributed by atoms with Crippen LogP contribution < -0.4 is 5.84 Å². The molecule has 0 radical (unpaired) electrons. The molecule has 1 saturated heterocycles. The molecular formula is C6H14N2O2. The van der Waals surface area contributed by atoms with Crippen molar-refractivity contribution in [3.05, 3.63) is 0 Å². The largest absolute Gasteiger partial charge is 0.481 e. The van der Waals surface area contributed by atoms with Crippen molar-refractivity contribution in [3.8, 4) is 0 Å². The predicted molar refractivity (Wildman–Crippen MR) is 38.3 cm³/mol. The van der Waals surface area contributed by atoms with Crippen LogP contribution in [0.5, 0.6) is 0 Å². The van der Waals surface area contributed by atoms with E-state index < -0.39 is 5.97 Å². The molecule has 0 unspecified atom stereocenters. The smallest absolute Gasteiger partial charge is 0.300 e. The van der Waals surface area contributed by atoms with Crippen LogP contribution >= 0.6 is 0 Å². The number of rotatable bonds is 0. The third-order valence-corrected chi connectivity index (χ3v) is 1.14. The highest BCUT2D eigenvalue weighted by Gasteiger charge is 2.03. The first-order valence-electron chi connectivity index (χ1n) is 3.32. The maximum atomic E-state index is 9.00. The monoisotopic (exact) mass is 146 g/mol. The Balaban J connectivity index is 0.000000180. The maximum absolute atomic E-state index is 9.00. The van der Waals surface area contributed by atoms with Crippen LogP contribution in [0.2, 0.25) is 0 Å². The Morgan fingerprint density at radius 1 is 1.50 bits per heavy atom. The summed E-state index contributed by atoms with van der Waals surface area (Å²) in [5, 5.41) is 9.28. The van der Waals surface area contributed by atoms with Gasteiger partial charge in [-0.15, -0.1) is 0 Å². The summed E-state index contributed by atoms with van der Waals surface area (Å²) in [5.74, 6) is 4.53. The lowest BCUT2D eigenvalue weighted by molar-refractivity contribution is -0.134. The fourth-order valence-electron chi connectivity index (χ4n) is 0.742. The van der Waals surface area contributed by atoms with Crippen molar-refractivity contribution in [1.29, 1.82) is 0 Å². The Morgan fingerprint density at radius 2 is 1.80 bits per heavy atom. The zero-order valence-electron chi connectivity index (χ0n) is 6.21. The number of hydrogen-bond acceptors (Lipinski definition) is 3. The van der Waals surface area contributed by atoms with E-state index in [0.717, 1.165) is 20.0 Å². The number of nitrogens with zero attached hydrogens (tertiary/aromatic N) is 1. The average molecular weight is 146 g/mol. The molecule has 3 N–H and O–H groups in total. The maximum Gasteiger partial charge on any atom is 0.300 e. The van der Waals surface area contributed by atoms with Crippen LogP contribution in [-0.2, 0) is 4.79 Å². The highest BCUT2D eigenvalue weighted by Crippen LogP contribution is 1.99. The van der Waals surface area contributed by atoms with E-state index in [-0.39, 0.29) is 0 Å². The molecule has 1 aliphatic heterocycles. The van der Waals surface area contributed by atoms with Gasteiger partial charge in [0.05, 0.1) is 0 Å². The number of hydrazine groups is 1. The Labute approximate surface area is 60.6 Å². The Hall–Kier alpha value is -0.610. The molecule has 0 amide bonds. The second kappa shape index (κ2) is 5.20. The van der Waals surface area contributed by atoms with Gasteiger partial charge in [0.2, 0.25) is 0 Å². The molecule has 0 saturated carbocycles. The average Bonchev–Trinajstić information content (AvgIpc) is 2.15. The fourth-order valence-corrected chi connectivity index (χ4v) is 0.742. The van der Waals surface area contributed by atoms with Gasteiger partial charge in [-0.2, -0.15) is 0 Å². The summed E-state index contributed by atoms with van der Waals surface area (Å²) in [7, 11) is 0. The lowest BCUT2D eigenvalue weighted by Gasteiger charge is -2.01. The lowest BCUT2D eigenvalue weighted by atomic mass is 10.4. The number of nitrogens with two attached hydrogens (primary N) is 1. The summed E-state index contributed by atoms with van der Waals surface area (Å²) in [5.41, 5.74) is 0. The zero-order chi connectivity index (χ0) is 7.98. The van der Waals surface area contributed by atoms with E-state index >= 15 is 0 Å². The molecule has 0 aromatic carbocycles. The van der Waals surface area contributed by atoms with Gasteiger partial charge in [-0.1, -0.05) is 0 Å². The second-order valence-electron chi connectivity index (χ2n) is 2.26. The van der Waals surface area contributed by atoms with Crippen LogP contribution in [0.4, 0.5) is 0 Å². The molecule has 1 rings (SSSR count). The quantitative estimate of drug-likeness (QED) is 0.474. The normalized spacial score (nSPS) is 17.8. The summed E-state index contributed by atoms with van der Waals surface area (Å²) in [6, 6.07) is 0. The van der Waals surface area contributed by atoms with Crippen molar-refractivity contribution in [2.45, 2.75) is 19.8 Å². The van der Waals surface area contributed by atoms with Gasteiger partial charge in [-0.25, -0.2) is 5.01 Å².